The van der Waals surface area contributed by atoms with Crippen molar-refractivity contribution in [1.82, 2.24) is 4.90 Å². The highest BCUT2D eigenvalue weighted by atomic mass is 16.5. The van der Waals surface area contributed by atoms with E-state index < -0.39 is 0 Å². The second kappa shape index (κ2) is 8.90. The molecule has 5 rings (SSSR count). The SMILES string of the molecule is COc1ccc(N2CCN(C(=O)c3ccc(CN4C(=O)COc5ccccc54)o3)CC2)cc1. The summed E-state index contributed by atoms with van der Waals surface area (Å²) in [6, 6.07) is 18.8. The molecule has 1 fully saturated rings. The Morgan fingerprint density at radius 2 is 1.73 bits per heavy atom. The van der Waals surface area contributed by atoms with Crippen LogP contribution in [0.25, 0.3) is 0 Å². The molecule has 0 bridgehead atoms. The minimum atomic E-state index is -0.146. The highest BCUT2D eigenvalue weighted by molar-refractivity contribution is 5.97. The Labute approximate surface area is 191 Å². The molecule has 1 aromatic heterocycles. The molecule has 8 heteroatoms. The van der Waals surface area contributed by atoms with Gasteiger partial charge in [0.05, 0.1) is 19.3 Å². The molecule has 0 radical (unpaired) electrons. The van der Waals surface area contributed by atoms with Crippen molar-refractivity contribution in [1.29, 1.82) is 0 Å². The van der Waals surface area contributed by atoms with Gasteiger partial charge in [-0.25, -0.2) is 0 Å². The number of nitrogens with zero attached hydrogens (tertiary/aromatic N) is 3. The predicted molar refractivity (Wildman–Crippen MR) is 123 cm³/mol. The third-order valence-corrected chi connectivity index (χ3v) is 6.00. The zero-order valence-corrected chi connectivity index (χ0v) is 18.4. The van der Waals surface area contributed by atoms with Gasteiger partial charge in [0.2, 0.25) is 0 Å². The smallest absolute Gasteiger partial charge is 0.289 e. The predicted octanol–water partition coefficient (Wildman–Crippen LogP) is 3.18. The van der Waals surface area contributed by atoms with Crippen LogP contribution in [0.1, 0.15) is 16.3 Å². The van der Waals surface area contributed by atoms with Gasteiger partial charge in [-0.05, 0) is 48.5 Å². The Hall–Kier alpha value is -3.94. The van der Waals surface area contributed by atoms with E-state index in [0.717, 1.165) is 24.5 Å². The van der Waals surface area contributed by atoms with Crippen molar-refractivity contribution in [3.63, 3.8) is 0 Å². The third-order valence-electron chi connectivity index (χ3n) is 6.00. The lowest BCUT2D eigenvalue weighted by Crippen LogP contribution is -2.48. The van der Waals surface area contributed by atoms with Crippen LogP contribution in [0, 0.1) is 0 Å². The van der Waals surface area contributed by atoms with Crippen LogP contribution in [-0.4, -0.2) is 56.6 Å². The van der Waals surface area contributed by atoms with Gasteiger partial charge in [-0.15, -0.1) is 0 Å². The van der Waals surface area contributed by atoms with Crippen LogP contribution in [0.5, 0.6) is 11.5 Å². The fraction of sp³-hybridized carbons (Fsp3) is 0.280. The van der Waals surface area contributed by atoms with Gasteiger partial charge in [-0.3, -0.25) is 14.5 Å². The summed E-state index contributed by atoms with van der Waals surface area (Å²) in [7, 11) is 1.65. The molecule has 0 atom stereocenters. The van der Waals surface area contributed by atoms with Crippen molar-refractivity contribution in [2.45, 2.75) is 6.54 Å². The summed E-state index contributed by atoms with van der Waals surface area (Å²) in [4.78, 5) is 31.1. The van der Waals surface area contributed by atoms with E-state index in [9.17, 15) is 9.59 Å². The summed E-state index contributed by atoms with van der Waals surface area (Å²) in [5, 5.41) is 0. The molecule has 2 aromatic carbocycles. The molecule has 0 spiro atoms. The van der Waals surface area contributed by atoms with E-state index in [1.807, 2.05) is 48.5 Å². The van der Waals surface area contributed by atoms with Crippen molar-refractivity contribution in [2.75, 3.05) is 49.7 Å². The van der Waals surface area contributed by atoms with Crippen LogP contribution in [-0.2, 0) is 11.3 Å². The van der Waals surface area contributed by atoms with Gasteiger partial charge in [0.25, 0.3) is 11.8 Å². The molecule has 1 saturated heterocycles. The largest absolute Gasteiger partial charge is 0.497 e. The molecule has 170 valence electrons. The van der Waals surface area contributed by atoms with Gasteiger partial charge < -0.3 is 23.7 Å². The van der Waals surface area contributed by atoms with E-state index in [1.165, 1.54) is 0 Å². The van der Waals surface area contributed by atoms with Crippen LogP contribution in [0.3, 0.4) is 0 Å². The Morgan fingerprint density at radius 3 is 2.48 bits per heavy atom. The lowest BCUT2D eigenvalue weighted by molar-refractivity contribution is -0.121. The van der Waals surface area contributed by atoms with Crippen molar-refractivity contribution >= 4 is 23.2 Å². The van der Waals surface area contributed by atoms with Crippen molar-refractivity contribution < 1.29 is 23.5 Å². The standard InChI is InChI=1S/C25H25N3O5/c1-31-19-8-6-18(7-9-19)26-12-14-27(15-13-26)25(30)23-11-10-20(33-23)16-28-21-4-2-3-5-22(21)32-17-24(28)29/h2-11H,12-17H2,1H3. The molecule has 0 aliphatic carbocycles. The maximum Gasteiger partial charge on any atom is 0.289 e. The average molecular weight is 447 g/mol. The molecule has 0 unspecified atom stereocenters. The first kappa shape index (κ1) is 20.9. The molecular weight excluding hydrogens is 422 g/mol. The highest BCUT2D eigenvalue weighted by Crippen LogP contribution is 2.32. The number of amides is 2. The molecule has 2 aliphatic heterocycles. The number of piperazine rings is 1. The average Bonchev–Trinajstić information content (AvgIpc) is 3.34. The van der Waals surface area contributed by atoms with E-state index in [4.69, 9.17) is 13.9 Å². The number of hydrogen-bond donors (Lipinski definition) is 0. The molecule has 33 heavy (non-hydrogen) atoms. The molecule has 3 aromatic rings. The number of anilines is 2. The lowest BCUT2D eigenvalue weighted by atomic mass is 10.2. The van der Waals surface area contributed by atoms with Crippen LogP contribution in [0.15, 0.2) is 65.1 Å². The first-order chi connectivity index (χ1) is 16.1. The quantitative estimate of drug-likeness (QED) is 0.598. The first-order valence-corrected chi connectivity index (χ1v) is 10.9. The zero-order chi connectivity index (χ0) is 22.8. The van der Waals surface area contributed by atoms with E-state index in [0.29, 0.717) is 30.3 Å². The zero-order valence-electron chi connectivity index (χ0n) is 18.4. The van der Waals surface area contributed by atoms with Crippen molar-refractivity contribution in [2.24, 2.45) is 0 Å². The molecule has 0 saturated carbocycles. The molecule has 3 heterocycles. The van der Waals surface area contributed by atoms with Crippen molar-refractivity contribution in [3.8, 4) is 11.5 Å². The number of fused-ring (bicyclic) bond motifs is 1. The second-order valence-corrected chi connectivity index (χ2v) is 7.98. The fourth-order valence-corrected chi connectivity index (χ4v) is 4.18. The van der Waals surface area contributed by atoms with Crippen LogP contribution >= 0.6 is 0 Å². The molecule has 2 amide bonds. The minimum Gasteiger partial charge on any atom is -0.497 e. The number of furan rings is 1. The highest BCUT2D eigenvalue weighted by Gasteiger charge is 2.28. The minimum absolute atomic E-state index is 0.0119. The summed E-state index contributed by atoms with van der Waals surface area (Å²) in [6.45, 7) is 2.93. The summed E-state index contributed by atoms with van der Waals surface area (Å²) in [6.07, 6.45) is 0. The summed E-state index contributed by atoms with van der Waals surface area (Å²) in [5.74, 6) is 2.05. The van der Waals surface area contributed by atoms with E-state index in [-0.39, 0.29) is 30.7 Å². The molecule has 8 nitrogen and oxygen atoms in total. The van der Waals surface area contributed by atoms with Gasteiger partial charge in [-0.1, -0.05) is 12.1 Å². The monoisotopic (exact) mass is 447 g/mol. The summed E-state index contributed by atoms with van der Waals surface area (Å²) < 4.78 is 16.6. The lowest BCUT2D eigenvalue weighted by Gasteiger charge is -2.35. The normalized spacial score (nSPS) is 15.8. The van der Waals surface area contributed by atoms with Crippen LogP contribution in [0.2, 0.25) is 0 Å². The number of hydrogen-bond acceptors (Lipinski definition) is 6. The third kappa shape index (κ3) is 4.24. The Balaban J connectivity index is 1.22. The Bertz CT molecular complexity index is 1150. The number of rotatable bonds is 5. The number of methoxy groups -OCH3 is 1. The second-order valence-electron chi connectivity index (χ2n) is 7.98. The van der Waals surface area contributed by atoms with Crippen LogP contribution in [0.4, 0.5) is 11.4 Å². The molecule has 2 aliphatic rings. The number of ether oxygens (including phenoxy) is 2. The van der Waals surface area contributed by atoms with Crippen molar-refractivity contribution in [3.05, 3.63) is 72.2 Å². The Morgan fingerprint density at radius 1 is 0.970 bits per heavy atom. The number of carbonyl (C=O) groups is 2. The summed E-state index contributed by atoms with van der Waals surface area (Å²) >= 11 is 0. The van der Waals surface area contributed by atoms with E-state index in [2.05, 4.69) is 4.90 Å². The fourth-order valence-electron chi connectivity index (χ4n) is 4.18. The number of benzene rings is 2. The summed E-state index contributed by atoms with van der Waals surface area (Å²) in [5.41, 5.74) is 1.81. The number of carbonyl (C=O) groups excluding carboxylic acids is 2. The van der Waals surface area contributed by atoms with E-state index in [1.54, 1.807) is 29.0 Å². The van der Waals surface area contributed by atoms with Gasteiger partial charge >= 0.3 is 0 Å². The maximum atomic E-state index is 13.0. The number of para-hydroxylation sites is 2. The van der Waals surface area contributed by atoms with Crippen LogP contribution < -0.4 is 19.3 Å². The van der Waals surface area contributed by atoms with Gasteiger partial charge in [-0.2, -0.15) is 0 Å². The maximum absolute atomic E-state index is 13.0. The molecule has 0 N–H and O–H groups in total. The van der Waals surface area contributed by atoms with E-state index >= 15 is 0 Å². The van der Waals surface area contributed by atoms with Gasteiger partial charge in [0, 0.05) is 31.9 Å². The topological polar surface area (TPSA) is 75.5 Å². The van der Waals surface area contributed by atoms with Gasteiger partial charge in [0.15, 0.2) is 12.4 Å². The molecular formula is C25H25N3O5. The van der Waals surface area contributed by atoms with Gasteiger partial charge in [0.1, 0.15) is 17.3 Å². The first-order valence-electron chi connectivity index (χ1n) is 10.9. The Kier molecular flexibility index (Phi) is 5.64.